The average Bonchev–Trinajstić information content (AvgIpc) is 3.27. The predicted octanol–water partition coefficient (Wildman–Crippen LogP) is 4.37. The molecule has 0 fully saturated rings. The second kappa shape index (κ2) is 10.3. The van der Waals surface area contributed by atoms with Crippen LogP contribution in [0.2, 0.25) is 0 Å². The van der Waals surface area contributed by atoms with Crippen LogP contribution in [0.5, 0.6) is 5.75 Å². The van der Waals surface area contributed by atoms with Crippen LogP contribution in [0.25, 0.3) is 0 Å². The number of hydrogen-bond donors (Lipinski definition) is 2. The molecule has 0 atom stereocenters. The van der Waals surface area contributed by atoms with Gasteiger partial charge in [0.15, 0.2) is 0 Å². The highest BCUT2D eigenvalue weighted by atomic mass is 16.5. The number of amides is 2. The highest BCUT2D eigenvalue weighted by Gasteiger charge is 2.13. The Morgan fingerprint density at radius 3 is 2.36 bits per heavy atom. The molecule has 0 saturated carbocycles. The van der Waals surface area contributed by atoms with Crippen LogP contribution in [-0.4, -0.2) is 28.7 Å². The van der Waals surface area contributed by atoms with Crippen molar-refractivity contribution in [3.8, 4) is 5.75 Å². The van der Waals surface area contributed by atoms with Crippen molar-refractivity contribution >= 4 is 23.2 Å². The maximum absolute atomic E-state index is 12.9. The molecule has 0 bridgehead atoms. The van der Waals surface area contributed by atoms with Gasteiger partial charge >= 0.3 is 0 Å². The van der Waals surface area contributed by atoms with E-state index in [1.165, 1.54) is 10.9 Å². The molecule has 166 valence electrons. The lowest BCUT2D eigenvalue weighted by Crippen LogP contribution is -2.19. The molecule has 4 aromatic rings. The molecule has 0 saturated heterocycles. The molecule has 0 aliphatic carbocycles. The first-order valence-electron chi connectivity index (χ1n) is 10.5. The topological polar surface area (TPSA) is 85.2 Å². The summed E-state index contributed by atoms with van der Waals surface area (Å²) < 4.78 is 6.59. The molecule has 0 spiro atoms. The monoisotopic (exact) mass is 440 g/mol. The van der Waals surface area contributed by atoms with Gasteiger partial charge in [0.25, 0.3) is 5.91 Å². The fraction of sp³-hybridized carbons (Fsp3) is 0.115. The number of methoxy groups -OCH3 is 1. The van der Waals surface area contributed by atoms with E-state index in [2.05, 4.69) is 15.7 Å². The Bertz CT molecular complexity index is 1230. The largest absolute Gasteiger partial charge is 0.497 e. The summed E-state index contributed by atoms with van der Waals surface area (Å²) in [5.41, 5.74) is 3.86. The van der Waals surface area contributed by atoms with E-state index in [0.717, 1.165) is 11.1 Å². The van der Waals surface area contributed by atoms with Crippen molar-refractivity contribution in [1.29, 1.82) is 0 Å². The van der Waals surface area contributed by atoms with E-state index in [4.69, 9.17) is 4.74 Å². The molecular formula is C26H24N4O3. The van der Waals surface area contributed by atoms with E-state index >= 15 is 0 Å². The SMILES string of the molecule is COc1ccc(NC(=O)Cn2cc(NC(=O)c3ccccc3Cc3ccccc3)cn2)cc1. The number of benzene rings is 3. The summed E-state index contributed by atoms with van der Waals surface area (Å²) in [6.07, 6.45) is 3.82. The van der Waals surface area contributed by atoms with Crippen LogP contribution in [0.1, 0.15) is 21.5 Å². The number of nitrogens with one attached hydrogen (secondary N) is 2. The molecule has 1 heterocycles. The van der Waals surface area contributed by atoms with Crippen molar-refractivity contribution in [2.45, 2.75) is 13.0 Å². The Kier molecular flexibility index (Phi) is 6.80. The maximum Gasteiger partial charge on any atom is 0.256 e. The zero-order valence-electron chi connectivity index (χ0n) is 18.2. The van der Waals surface area contributed by atoms with Gasteiger partial charge in [-0.1, -0.05) is 48.5 Å². The average molecular weight is 441 g/mol. The minimum Gasteiger partial charge on any atom is -0.497 e. The number of carbonyl (C=O) groups is 2. The number of aromatic nitrogens is 2. The first-order chi connectivity index (χ1) is 16.1. The Morgan fingerprint density at radius 2 is 1.61 bits per heavy atom. The lowest BCUT2D eigenvalue weighted by Gasteiger charge is -2.09. The standard InChI is InChI=1S/C26H24N4O3/c1-33-23-13-11-21(12-14-23)28-25(31)18-30-17-22(16-27-30)29-26(32)24-10-6-5-9-20(24)15-19-7-3-2-4-8-19/h2-14,16-17H,15,18H2,1H3,(H,28,31)(H,29,32). The third-order valence-corrected chi connectivity index (χ3v) is 5.07. The zero-order valence-corrected chi connectivity index (χ0v) is 18.2. The molecule has 0 radical (unpaired) electrons. The van der Waals surface area contributed by atoms with Gasteiger partial charge in [-0.15, -0.1) is 0 Å². The summed E-state index contributed by atoms with van der Waals surface area (Å²) in [6.45, 7) is 0.0203. The van der Waals surface area contributed by atoms with Gasteiger partial charge < -0.3 is 15.4 Å². The van der Waals surface area contributed by atoms with E-state index in [1.54, 1.807) is 43.6 Å². The van der Waals surface area contributed by atoms with Crippen LogP contribution in [0.4, 0.5) is 11.4 Å². The van der Waals surface area contributed by atoms with Gasteiger partial charge in [0.1, 0.15) is 12.3 Å². The van der Waals surface area contributed by atoms with Gasteiger partial charge in [-0.2, -0.15) is 5.10 Å². The summed E-state index contributed by atoms with van der Waals surface area (Å²) in [7, 11) is 1.59. The molecule has 1 aromatic heterocycles. The van der Waals surface area contributed by atoms with Gasteiger partial charge in [0.05, 0.1) is 19.0 Å². The minimum absolute atomic E-state index is 0.0203. The van der Waals surface area contributed by atoms with Crippen LogP contribution in [0, 0.1) is 0 Å². The second-order valence-electron chi connectivity index (χ2n) is 7.48. The van der Waals surface area contributed by atoms with E-state index in [-0.39, 0.29) is 18.4 Å². The quantitative estimate of drug-likeness (QED) is 0.426. The third-order valence-electron chi connectivity index (χ3n) is 5.07. The van der Waals surface area contributed by atoms with Gasteiger partial charge in [0, 0.05) is 17.4 Å². The van der Waals surface area contributed by atoms with Crippen molar-refractivity contribution in [1.82, 2.24) is 9.78 Å². The summed E-state index contributed by atoms with van der Waals surface area (Å²) in [5, 5.41) is 9.86. The second-order valence-corrected chi connectivity index (χ2v) is 7.48. The van der Waals surface area contributed by atoms with Crippen LogP contribution < -0.4 is 15.4 Å². The van der Waals surface area contributed by atoms with Crippen molar-refractivity contribution in [3.05, 3.63) is 108 Å². The summed E-state index contributed by atoms with van der Waals surface area (Å²) >= 11 is 0. The fourth-order valence-corrected chi connectivity index (χ4v) is 3.45. The molecule has 3 aromatic carbocycles. The van der Waals surface area contributed by atoms with Crippen LogP contribution >= 0.6 is 0 Å². The van der Waals surface area contributed by atoms with Gasteiger partial charge in [-0.05, 0) is 47.9 Å². The number of rotatable bonds is 8. The molecule has 7 nitrogen and oxygen atoms in total. The van der Waals surface area contributed by atoms with E-state index in [9.17, 15) is 9.59 Å². The number of ether oxygens (including phenoxy) is 1. The molecular weight excluding hydrogens is 416 g/mol. The normalized spacial score (nSPS) is 10.5. The number of anilines is 2. The third kappa shape index (κ3) is 5.86. The van der Waals surface area contributed by atoms with Crippen LogP contribution in [0.3, 0.4) is 0 Å². The van der Waals surface area contributed by atoms with Crippen molar-refractivity contribution in [3.63, 3.8) is 0 Å². The molecule has 2 amide bonds. The predicted molar refractivity (Wildman–Crippen MR) is 127 cm³/mol. The maximum atomic E-state index is 12.9. The van der Waals surface area contributed by atoms with E-state index < -0.39 is 0 Å². The molecule has 2 N–H and O–H groups in total. The van der Waals surface area contributed by atoms with Gasteiger partial charge in [0.2, 0.25) is 5.91 Å². The van der Waals surface area contributed by atoms with Crippen LogP contribution in [-0.2, 0) is 17.8 Å². The lowest BCUT2D eigenvalue weighted by atomic mass is 9.99. The molecule has 4 rings (SSSR count). The fourth-order valence-electron chi connectivity index (χ4n) is 3.45. The number of hydrogen-bond acceptors (Lipinski definition) is 4. The van der Waals surface area contributed by atoms with Crippen molar-refractivity contribution in [2.75, 3.05) is 17.7 Å². The Balaban J connectivity index is 1.37. The van der Waals surface area contributed by atoms with E-state index in [0.29, 0.717) is 29.1 Å². The lowest BCUT2D eigenvalue weighted by molar-refractivity contribution is -0.116. The first-order valence-corrected chi connectivity index (χ1v) is 10.5. The van der Waals surface area contributed by atoms with Crippen LogP contribution in [0.15, 0.2) is 91.3 Å². The Labute approximate surface area is 192 Å². The molecule has 33 heavy (non-hydrogen) atoms. The number of nitrogens with zero attached hydrogens (tertiary/aromatic N) is 2. The smallest absolute Gasteiger partial charge is 0.256 e. The molecule has 0 aliphatic rings. The Hall–Kier alpha value is -4.39. The van der Waals surface area contributed by atoms with E-state index in [1.807, 2.05) is 48.5 Å². The summed E-state index contributed by atoms with van der Waals surface area (Å²) in [4.78, 5) is 25.2. The highest BCUT2D eigenvalue weighted by Crippen LogP contribution is 2.17. The number of carbonyl (C=O) groups excluding carboxylic acids is 2. The van der Waals surface area contributed by atoms with Crippen molar-refractivity contribution in [2.24, 2.45) is 0 Å². The molecule has 7 heteroatoms. The van der Waals surface area contributed by atoms with Crippen molar-refractivity contribution < 1.29 is 14.3 Å². The Morgan fingerprint density at radius 1 is 0.879 bits per heavy atom. The minimum atomic E-state index is -0.227. The molecule has 0 aliphatic heterocycles. The zero-order chi connectivity index (χ0) is 23.0. The molecule has 0 unspecified atom stereocenters. The highest BCUT2D eigenvalue weighted by molar-refractivity contribution is 6.05. The van der Waals surface area contributed by atoms with Gasteiger partial charge in [-0.3, -0.25) is 14.3 Å². The first kappa shape index (κ1) is 21.8. The summed E-state index contributed by atoms with van der Waals surface area (Å²) in [6, 6.07) is 24.6. The van der Waals surface area contributed by atoms with Gasteiger partial charge in [-0.25, -0.2) is 0 Å². The summed E-state index contributed by atoms with van der Waals surface area (Å²) in [5.74, 6) is 0.268.